The van der Waals surface area contributed by atoms with Gasteiger partial charge in [-0.1, -0.05) is 15.7 Å². The van der Waals surface area contributed by atoms with Crippen molar-refractivity contribution in [1.29, 1.82) is 0 Å². The van der Waals surface area contributed by atoms with E-state index in [0.717, 1.165) is 6.42 Å². The largest absolute Gasteiger partial charge is 0.459 e. The van der Waals surface area contributed by atoms with Gasteiger partial charge in [0.1, 0.15) is 4.88 Å². The number of hydrogen-bond acceptors (Lipinski definition) is 7. The molecule has 0 N–H and O–H groups in total. The summed E-state index contributed by atoms with van der Waals surface area (Å²) in [5.41, 5.74) is 1.20. The van der Waals surface area contributed by atoms with Crippen LogP contribution in [0.15, 0.2) is 20.2 Å². The summed E-state index contributed by atoms with van der Waals surface area (Å²) >= 11 is 1.45. The van der Waals surface area contributed by atoms with E-state index in [-0.39, 0.29) is 12.1 Å². The summed E-state index contributed by atoms with van der Waals surface area (Å²) in [6.45, 7) is 5.78. The van der Waals surface area contributed by atoms with E-state index < -0.39 is 10.2 Å². The molecular weight excluding hydrogens is 332 g/mol. The van der Waals surface area contributed by atoms with Crippen LogP contribution < -0.4 is 0 Å². The highest BCUT2D eigenvalue weighted by atomic mass is 32.2. The molecule has 0 saturated carbocycles. The van der Waals surface area contributed by atoms with Crippen LogP contribution >= 0.6 is 11.3 Å². The van der Waals surface area contributed by atoms with E-state index in [1.807, 2.05) is 25.3 Å². The molecule has 22 heavy (non-hydrogen) atoms. The van der Waals surface area contributed by atoms with Gasteiger partial charge in [-0.2, -0.15) is 8.42 Å². The standard InChI is InChI=1S/C10H14O2S.C2N2O4S/c1-4-8-5-9(13-6-8)10(11)12-7(2)3;5-1-3-9(7,8)4-2-6/h5-7H,4H2,1-3H3;. The Morgan fingerprint density at radius 2 is 1.86 bits per heavy atom. The molecule has 0 aliphatic rings. The second-order valence-corrected chi connectivity index (χ2v) is 6.11. The Bertz CT molecular complexity index is 671. The minimum absolute atomic E-state index is 0.0420. The molecule has 0 aromatic carbocycles. The quantitative estimate of drug-likeness (QED) is 0.455. The summed E-state index contributed by atoms with van der Waals surface area (Å²) in [5, 5.41) is 2.00. The molecule has 0 saturated heterocycles. The third-order valence-electron chi connectivity index (χ3n) is 1.91. The Morgan fingerprint density at radius 1 is 1.32 bits per heavy atom. The molecule has 10 heteroatoms. The van der Waals surface area contributed by atoms with Crippen LogP contribution in [0.2, 0.25) is 0 Å². The van der Waals surface area contributed by atoms with Crippen molar-refractivity contribution in [3.05, 3.63) is 21.9 Å². The fourth-order valence-corrected chi connectivity index (χ4v) is 2.16. The van der Waals surface area contributed by atoms with Crippen molar-refractivity contribution in [1.82, 2.24) is 0 Å². The minimum Gasteiger partial charge on any atom is -0.459 e. The van der Waals surface area contributed by atoms with E-state index in [2.05, 4.69) is 15.7 Å². The molecule has 8 nitrogen and oxygen atoms in total. The molecule has 0 fully saturated rings. The van der Waals surface area contributed by atoms with E-state index in [9.17, 15) is 22.8 Å². The second kappa shape index (κ2) is 9.75. The Kier molecular flexibility index (Phi) is 8.81. The number of thiophene rings is 1. The first kappa shape index (κ1) is 19.9. The summed E-state index contributed by atoms with van der Waals surface area (Å²) in [4.78, 5) is 30.5. The zero-order chi connectivity index (χ0) is 17.2. The average molecular weight is 346 g/mol. The van der Waals surface area contributed by atoms with E-state index in [0.29, 0.717) is 17.0 Å². The number of ether oxygens (including phenoxy) is 1. The zero-order valence-corrected chi connectivity index (χ0v) is 13.7. The fourth-order valence-electron chi connectivity index (χ4n) is 1.05. The minimum atomic E-state index is -4.28. The molecule has 0 bridgehead atoms. The average Bonchev–Trinajstić information content (AvgIpc) is 2.87. The molecule has 0 aliphatic carbocycles. The van der Waals surface area contributed by atoms with Crippen molar-refractivity contribution in [2.45, 2.75) is 33.3 Å². The maximum Gasteiger partial charge on any atom is 0.383 e. The molecule has 1 aromatic rings. The highest BCUT2D eigenvalue weighted by Gasteiger charge is 2.11. The van der Waals surface area contributed by atoms with E-state index in [4.69, 9.17) is 4.74 Å². The Hall–Kier alpha value is -2.12. The fraction of sp³-hybridized carbons (Fsp3) is 0.417. The van der Waals surface area contributed by atoms with Gasteiger partial charge in [0.05, 0.1) is 6.10 Å². The van der Waals surface area contributed by atoms with Gasteiger partial charge in [0.25, 0.3) is 12.2 Å². The molecule has 0 amide bonds. The van der Waals surface area contributed by atoms with Gasteiger partial charge in [0.2, 0.25) is 0 Å². The Morgan fingerprint density at radius 3 is 2.23 bits per heavy atom. The first-order valence-electron chi connectivity index (χ1n) is 5.97. The van der Waals surface area contributed by atoms with Crippen LogP contribution in [0.5, 0.6) is 0 Å². The number of carbonyl (C=O) groups is 1. The second-order valence-electron chi connectivity index (χ2n) is 3.94. The van der Waals surface area contributed by atoms with Gasteiger partial charge in [-0.05, 0) is 37.3 Å². The number of hydrogen-bond donors (Lipinski definition) is 0. The summed E-state index contributed by atoms with van der Waals surface area (Å²) in [7, 11) is -4.28. The van der Waals surface area contributed by atoms with Gasteiger partial charge in [0.15, 0.2) is 0 Å². The van der Waals surface area contributed by atoms with Gasteiger partial charge >= 0.3 is 16.2 Å². The van der Waals surface area contributed by atoms with Crippen LogP contribution in [-0.4, -0.2) is 32.7 Å². The van der Waals surface area contributed by atoms with Crippen molar-refractivity contribution in [2.75, 3.05) is 0 Å². The number of esters is 1. The van der Waals surface area contributed by atoms with Crippen LogP contribution in [0.4, 0.5) is 0 Å². The number of aryl methyl sites for hydroxylation is 1. The molecule has 1 rings (SSSR count). The SMILES string of the molecule is CCc1csc(C(=O)OC(C)C)c1.O=C=NS(=O)(=O)N=C=O. The van der Waals surface area contributed by atoms with Gasteiger partial charge in [-0.25, -0.2) is 14.4 Å². The molecule has 0 atom stereocenters. The molecule has 1 heterocycles. The van der Waals surface area contributed by atoms with E-state index in [1.165, 1.54) is 16.9 Å². The van der Waals surface area contributed by atoms with Crippen LogP contribution in [0, 0.1) is 0 Å². The lowest BCUT2D eigenvalue weighted by atomic mass is 10.2. The van der Waals surface area contributed by atoms with Gasteiger partial charge < -0.3 is 4.74 Å². The predicted molar refractivity (Wildman–Crippen MR) is 79.4 cm³/mol. The van der Waals surface area contributed by atoms with Crippen LogP contribution in [0.3, 0.4) is 0 Å². The highest BCUT2D eigenvalue weighted by Crippen LogP contribution is 2.16. The smallest absolute Gasteiger partial charge is 0.383 e. The van der Waals surface area contributed by atoms with Crippen LogP contribution in [-0.2, 0) is 31.0 Å². The van der Waals surface area contributed by atoms with Crippen molar-refractivity contribution in [3.8, 4) is 0 Å². The van der Waals surface area contributed by atoms with Gasteiger partial charge in [-0.3, -0.25) is 0 Å². The molecular formula is C12H14N2O6S2. The number of nitrogens with zero attached hydrogens (tertiary/aromatic N) is 2. The van der Waals surface area contributed by atoms with Gasteiger partial charge in [0, 0.05) is 0 Å². The summed E-state index contributed by atoms with van der Waals surface area (Å²) < 4.78 is 29.4. The molecule has 0 radical (unpaired) electrons. The summed E-state index contributed by atoms with van der Waals surface area (Å²) in [6, 6.07) is 1.90. The highest BCUT2D eigenvalue weighted by molar-refractivity contribution is 7.89. The first-order valence-corrected chi connectivity index (χ1v) is 8.25. The zero-order valence-electron chi connectivity index (χ0n) is 12.1. The summed E-state index contributed by atoms with van der Waals surface area (Å²) in [6.07, 6.45) is 2.34. The van der Waals surface area contributed by atoms with Crippen LogP contribution in [0.25, 0.3) is 0 Å². The van der Waals surface area contributed by atoms with Crippen molar-refractivity contribution < 1.29 is 27.5 Å². The molecule has 1 aromatic heterocycles. The first-order chi connectivity index (χ1) is 10.3. The molecule has 0 aliphatic heterocycles. The van der Waals surface area contributed by atoms with Crippen LogP contribution in [0.1, 0.15) is 36.0 Å². The number of carbonyl (C=O) groups excluding carboxylic acids is 3. The maximum absolute atomic E-state index is 11.4. The predicted octanol–water partition coefficient (Wildman–Crippen LogP) is 1.78. The third kappa shape index (κ3) is 8.23. The third-order valence-corrected chi connectivity index (χ3v) is 3.48. The molecule has 0 spiro atoms. The number of rotatable bonds is 5. The normalized spacial score (nSPS) is 9.82. The topological polar surface area (TPSA) is 119 Å². The van der Waals surface area contributed by atoms with Crippen molar-refractivity contribution in [3.63, 3.8) is 0 Å². The van der Waals surface area contributed by atoms with Gasteiger partial charge in [-0.15, -0.1) is 11.3 Å². The molecule has 120 valence electrons. The Balaban J connectivity index is 0.000000433. The van der Waals surface area contributed by atoms with Crippen molar-refractivity contribution >= 4 is 39.7 Å². The van der Waals surface area contributed by atoms with E-state index >= 15 is 0 Å². The van der Waals surface area contributed by atoms with E-state index in [1.54, 1.807) is 0 Å². The maximum atomic E-state index is 11.4. The van der Waals surface area contributed by atoms with Crippen molar-refractivity contribution in [2.24, 2.45) is 8.80 Å². The monoisotopic (exact) mass is 346 g/mol. The Labute approximate surface area is 131 Å². The lowest BCUT2D eigenvalue weighted by Gasteiger charge is -2.05. The molecule has 0 unspecified atom stereocenters. The lowest BCUT2D eigenvalue weighted by molar-refractivity contribution is 0.0383. The number of isocyanates is 2. The lowest BCUT2D eigenvalue weighted by Crippen LogP contribution is -2.09. The summed E-state index contributed by atoms with van der Waals surface area (Å²) in [5.74, 6) is -0.209.